The molecular weight excluding hydrogens is 258 g/mol. The second-order valence-electron chi connectivity index (χ2n) is 3.83. The summed E-state index contributed by atoms with van der Waals surface area (Å²) in [6.07, 6.45) is 3.46. The highest BCUT2D eigenvalue weighted by Crippen LogP contribution is 2.14. The maximum absolute atomic E-state index is 5.40. The molecule has 5 heteroatoms. The van der Waals surface area contributed by atoms with E-state index >= 15 is 0 Å². The molecule has 98 valence electrons. The first-order chi connectivity index (χ1) is 9.28. The average molecular weight is 273 g/mol. The first kappa shape index (κ1) is 13.3. The lowest BCUT2D eigenvalue weighted by Crippen LogP contribution is -1.93. The van der Waals surface area contributed by atoms with Crippen molar-refractivity contribution in [2.45, 2.75) is 6.92 Å². The van der Waals surface area contributed by atoms with Crippen molar-refractivity contribution in [1.29, 1.82) is 0 Å². The minimum Gasteiger partial charge on any atom is -0.490 e. The molecule has 1 heterocycles. The molecule has 0 spiro atoms. The molecule has 0 fully saturated rings. The summed E-state index contributed by atoms with van der Waals surface area (Å²) in [4.78, 5) is 4.25. The number of hydrazone groups is 1. The third-order valence-electron chi connectivity index (χ3n) is 2.24. The zero-order valence-electron chi connectivity index (χ0n) is 10.7. The van der Waals surface area contributed by atoms with Crippen LogP contribution in [0.1, 0.15) is 11.3 Å². The average Bonchev–Trinajstić information content (AvgIpc) is 2.84. The van der Waals surface area contributed by atoms with Crippen LogP contribution in [0.5, 0.6) is 5.75 Å². The number of nitrogens with one attached hydrogen (secondary N) is 1. The molecule has 0 aliphatic rings. The van der Waals surface area contributed by atoms with Crippen molar-refractivity contribution in [2.24, 2.45) is 5.10 Å². The van der Waals surface area contributed by atoms with Crippen molar-refractivity contribution in [3.05, 3.63) is 53.6 Å². The second-order valence-corrected chi connectivity index (χ2v) is 4.69. The number of thiazole rings is 1. The van der Waals surface area contributed by atoms with Gasteiger partial charge in [0.1, 0.15) is 12.4 Å². The van der Waals surface area contributed by atoms with Crippen LogP contribution in [-0.4, -0.2) is 17.8 Å². The zero-order chi connectivity index (χ0) is 13.5. The van der Waals surface area contributed by atoms with Crippen LogP contribution in [0, 0.1) is 6.92 Å². The van der Waals surface area contributed by atoms with Gasteiger partial charge in [0.25, 0.3) is 0 Å². The Balaban J connectivity index is 1.89. The van der Waals surface area contributed by atoms with E-state index in [-0.39, 0.29) is 0 Å². The number of rotatable bonds is 6. The highest BCUT2D eigenvalue weighted by molar-refractivity contribution is 7.13. The van der Waals surface area contributed by atoms with Gasteiger partial charge in [0.15, 0.2) is 0 Å². The van der Waals surface area contributed by atoms with E-state index < -0.39 is 0 Å². The summed E-state index contributed by atoms with van der Waals surface area (Å²) in [7, 11) is 0. The van der Waals surface area contributed by atoms with Gasteiger partial charge in [0.2, 0.25) is 5.13 Å². The molecule has 0 aliphatic heterocycles. The number of benzene rings is 1. The molecule has 1 aromatic heterocycles. The SMILES string of the molecule is C=CCOc1ccc(C=NNc2nc(C)cs2)cc1. The number of aromatic nitrogens is 1. The number of hydrogen-bond acceptors (Lipinski definition) is 5. The standard InChI is InChI=1S/C14H15N3OS/c1-3-8-18-13-6-4-12(5-7-13)9-15-17-14-16-11(2)10-19-14/h3-7,9-10H,1,8H2,2H3,(H,16,17). The Hall–Kier alpha value is -2.14. The fraction of sp³-hybridized carbons (Fsp3) is 0.143. The van der Waals surface area contributed by atoms with Crippen molar-refractivity contribution in [3.8, 4) is 5.75 Å². The van der Waals surface area contributed by atoms with Gasteiger partial charge in [-0.15, -0.1) is 11.3 Å². The first-order valence-corrected chi connectivity index (χ1v) is 6.71. The molecule has 4 nitrogen and oxygen atoms in total. The van der Waals surface area contributed by atoms with E-state index in [9.17, 15) is 0 Å². The van der Waals surface area contributed by atoms with Gasteiger partial charge in [-0.05, 0) is 36.8 Å². The Morgan fingerprint density at radius 2 is 2.21 bits per heavy atom. The maximum atomic E-state index is 5.40. The Morgan fingerprint density at radius 1 is 1.42 bits per heavy atom. The van der Waals surface area contributed by atoms with E-state index in [1.807, 2.05) is 36.6 Å². The maximum Gasteiger partial charge on any atom is 0.203 e. The summed E-state index contributed by atoms with van der Waals surface area (Å²) in [6, 6.07) is 7.68. The largest absolute Gasteiger partial charge is 0.490 e. The minimum absolute atomic E-state index is 0.512. The summed E-state index contributed by atoms with van der Waals surface area (Å²) in [5.41, 5.74) is 4.88. The van der Waals surface area contributed by atoms with Gasteiger partial charge in [-0.1, -0.05) is 12.7 Å². The van der Waals surface area contributed by atoms with Crippen LogP contribution >= 0.6 is 11.3 Å². The molecule has 19 heavy (non-hydrogen) atoms. The predicted molar refractivity (Wildman–Crippen MR) is 80.2 cm³/mol. The van der Waals surface area contributed by atoms with Gasteiger partial charge in [0.05, 0.1) is 11.9 Å². The molecular formula is C14H15N3OS. The molecule has 2 aromatic rings. The number of ether oxygens (including phenoxy) is 1. The second kappa shape index (κ2) is 6.70. The van der Waals surface area contributed by atoms with Crippen LogP contribution in [-0.2, 0) is 0 Å². The monoisotopic (exact) mass is 273 g/mol. The number of anilines is 1. The third kappa shape index (κ3) is 4.22. The Morgan fingerprint density at radius 3 is 2.84 bits per heavy atom. The van der Waals surface area contributed by atoms with Gasteiger partial charge in [-0.2, -0.15) is 5.10 Å². The fourth-order valence-corrected chi connectivity index (χ4v) is 2.01. The van der Waals surface area contributed by atoms with Crippen molar-refractivity contribution >= 4 is 22.7 Å². The first-order valence-electron chi connectivity index (χ1n) is 5.83. The van der Waals surface area contributed by atoms with Crippen LogP contribution in [0.15, 0.2) is 47.4 Å². The van der Waals surface area contributed by atoms with E-state index in [1.165, 1.54) is 11.3 Å². The normalized spacial score (nSPS) is 10.6. The highest BCUT2D eigenvalue weighted by Gasteiger charge is 1.95. The number of aryl methyl sites for hydroxylation is 1. The highest BCUT2D eigenvalue weighted by atomic mass is 32.1. The molecule has 1 N–H and O–H groups in total. The molecule has 1 aromatic carbocycles. The Kier molecular flexibility index (Phi) is 4.69. The summed E-state index contributed by atoms with van der Waals surface area (Å²) < 4.78 is 5.40. The summed E-state index contributed by atoms with van der Waals surface area (Å²) in [5.74, 6) is 0.820. The Labute approximate surface area is 116 Å². The van der Waals surface area contributed by atoms with Gasteiger partial charge >= 0.3 is 0 Å². The van der Waals surface area contributed by atoms with Crippen molar-refractivity contribution in [3.63, 3.8) is 0 Å². The topological polar surface area (TPSA) is 46.5 Å². The molecule has 0 atom stereocenters. The van der Waals surface area contributed by atoms with Gasteiger partial charge in [0, 0.05) is 5.38 Å². The lowest BCUT2D eigenvalue weighted by molar-refractivity contribution is 0.363. The number of hydrogen-bond donors (Lipinski definition) is 1. The predicted octanol–water partition coefficient (Wildman–Crippen LogP) is 3.46. The van der Waals surface area contributed by atoms with Crippen LogP contribution in [0.25, 0.3) is 0 Å². The van der Waals surface area contributed by atoms with Gasteiger partial charge in [-0.3, -0.25) is 5.43 Å². The fourth-order valence-electron chi connectivity index (χ4n) is 1.37. The molecule has 0 saturated heterocycles. The third-order valence-corrected chi connectivity index (χ3v) is 3.11. The van der Waals surface area contributed by atoms with Crippen LogP contribution in [0.2, 0.25) is 0 Å². The van der Waals surface area contributed by atoms with Crippen LogP contribution in [0.3, 0.4) is 0 Å². The van der Waals surface area contributed by atoms with Gasteiger partial charge in [-0.25, -0.2) is 4.98 Å². The van der Waals surface area contributed by atoms with Crippen LogP contribution in [0.4, 0.5) is 5.13 Å². The molecule has 0 aliphatic carbocycles. The van der Waals surface area contributed by atoms with Crippen molar-refractivity contribution in [2.75, 3.05) is 12.0 Å². The lowest BCUT2D eigenvalue weighted by atomic mass is 10.2. The molecule has 0 bridgehead atoms. The van der Waals surface area contributed by atoms with E-state index in [4.69, 9.17) is 4.74 Å². The smallest absolute Gasteiger partial charge is 0.203 e. The zero-order valence-corrected chi connectivity index (χ0v) is 11.5. The van der Waals surface area contributed by atoms with E-state index in [1.54, 1.807) is 12.3 Å². The molecule has 2 rings (SSSR count). The summed E-state index contributed by atoms with van der Waals surface area (Å²) in [5, 5.41) is 6.90. The van der Waals surface area contributed by atoms with E-state index in [0.29, 0.717) is 6.61 Å². The summed E-state index contributed by atoms with van der Waals surface area (Å²) >= 11 is 1.53. The lowest BCUT2D eigenvalue weighted by Gasteiger charge is -2.02. The number of nitrogens with zero attached hydrogens (tertiary/aromatic N) is 2. The summed E-state index contributed by atoms with van der Waals surface area (Å²) in [6.45, 7) is 6.07. The van der Waals surface area contributed by atoms with E-state index in [2.05, 4.69) is 22.1 Å². The van der Waals surface area contributed by atoms with Crippen LogP contribution < -0.4 is 10.2 Å². The molecule has 0 unspecified atom stereocenters. The molecule has 0 saturated carbocycles. The Bertz CT molecular complexity index is 560. The van der Waals surface area contributed by atoms with Crippen molar-refractivity contribution < 1.29 is 4.74 Å². The molecule has 0 radical (unpaired) electrons. The quantitative estimate of drug-likeness (QED) is 0.498. The minimum atomic E-state index is 0.512. The molecule has 0 amide bonds. The van der Waals surface area contributed by atoms with E-state index in [0.717, 1.165) is 22.1 Å². The van der Waals surface area contributed by atoms with Gasteiger partial charge < -0.3 is 4.74 Å². The van der Waals surface area contributed by atoms with Crippen molar-refractivity contribution in [1.82, 2.24) is 4.98 Å².